The van der Waals surface area contributed by atoms with Gasteiger partial charge in [0.05, 0.1) is 5.69 Å². The standard InChI is InChI=1S/C24H24N6O3/c1-2-20-21(33-12-11-32-20)13-16(1)14-22-28-29-23-15-17(4-8-30(22)23)19-3-7-25-24(27-19)26-18-5-9-31-10-6-18/h1-4,7-8,13,15,18H,5-6,9-12,14H2,(H,25,26,27). The Bertz CT molecular complexity index is 1280. The monoisotopic (exact) mass is 444 g/mol. The van der Waals surface area contributed by atoms with Crippen LogP contribution in [0.2, 0.25) is 0 Å². The summed E-state index contributed by atoms with van der Waals surface area (Å²) in [5.74, 6) is 3.07. The highest BCUT2D eigenvalue weighted by molar-refractivity contribution is 5.64. The topological polar surface area (TPSA) is 95.7 Å². The fourth-order valence-electron chi connectivity index (χ4n) is 4.21. The summed E-state index contributed by atoms with van der Waals surface area (Å²) in [4.78, 5) is 9.10. The highest BCUT2D eigenvalue weighted by atomic mass is 16.6. The molecule has 0 saturated carbocycles. The van der Waals surface area contributed by atoms with E-state index in [1.807, 2.05) is 47.0 Å². The number of nitrogens with zero attached hydrogens (tertiary/aromatic N) is 5. The van der Waals surface area contributed by atoms with Gasteiger partial charge in [0, 0.05) is 43.6 Å². The molecule has 0 spiro atoms. The van der Waals surface area contributed by atoms with Gasteiger partial charge in [-0.2, -0.15) is 0 Å². The molecule has 1 aromatic carbocycles. The third kappa shape index (κ3) is 4.19. The fraction of sp³-hybridized carbons (Fsp3) is 0.333. The van der Waals surface area contributed by atoms with Gasteiger partial charge in [0.25, 0.3) is 0 Å². The van der Waals surface area contributed by atoms with Crippen molar-refractivity contribution in [2.45, 2.75) is 25.3 Å². The Kier molecular flexibility index (Phi) is 5.23. The Morgan fingerprint density at radius 1 is 0.939 bits per heavy atom. The lowest BCUT2D eigenvalue weighted by Crippen LogP contribution is -2.28. The summed E-state index contributed by atoms with van der Waals surface area (Å²) in [6, 6.07) is 12.3. The minimum absolute atomic E-state index is 0.344. The third-order valence-electron chi connectivity index (χ3n) is 5.96. The summed E-state index contributed by atoms with van der Waals surface area (Å²) < 4.78 is 18.7. The summed E-state index contributed by atoms with van der Waals surface area (Å²) in [5.41, 5.74) is 3.69. The average molecular weight is 444 g/mol. The van der Waals surface area contributed by atoms with Crippen molar-refractivity contribution in [3.63, 3.8) is 0 Å². The lowest BCUT2D eigenvalue weighted by Gasteiger charge is -2.23. The Hall–Kier alpha value is -3.72. The molecule has 1 fully saturated rings. The van der Waals surface area contributed by atoms with Crippen molar-refractivity contribution in [3.05, 3.63) is 60.2 Å². The first-order valence-electron chi connectivity index (χ1n) is 11.2. The van der Waals surface area contributed by atoms with E-state index in [9.17, 15) is 0 Å². The molecule has 0 atom stereocenters. The van der Waals surface area contributed by atoms with Gasteiger partial charge in [-0.25, -0.2) is 9.97 Å². The molecule has 6 rings (SSSR count). The number of aromatic nitrogens is 5. The highest BCUT2D eigenvalue weighted by Crippen LogP contribution is 2.31. The van der Waals surface area contributed by atoms with Crippen molar-refractivity contribution in [1.29, 1.82) is 0 Å². The predicted molar refractivity (Wildman–Crippen MR) is 122 cm³/mol. The number of pyridine rings is 1. The molecular weight excluding hydrogens is 420 g/mol. The molecule has 4 aromatic rings. The van der Waals surface area contributed by atoms with E-state index in [0.717, 1.165) is 65.8 Å². The van der Waals surface area contributed by atoms with Crippen LogP contribution in [-0.4, -0.2) is 57.0 Å². The maximum atomic E-state index is 5.70. The Morgan fingerprint density at radius 2 is 1.82 bits per heavy atom. The maximum absolute atomic E-state index is 5.70. The lowest BCUT2D eigenvalue weighted by molar-refractivity contribution is 0.0903. The number of benzene rings is 1. The first-order valence-corrected chi connectivity index (χ1v) is 11.2. The molecule has 0 bridgehead atoms. The summed E-state index contributed by atoms with van der Waals surface area (Å²) >= 11 is 0. The van der Waals surface area contributed by atoms with E-state index in [2.05, 4.69) is 20.5 Å². The van der Waals surface area contributed by atoms with Crippen LogP contribution in [0.25, 0.3) is 16.9 Å². The number of anilines is 1. The number of hydrogen-bond acceptors (Lipinski definition) is 8. The molecule has 9 heteroatoms. The molecule has 2 aliphatic heterocycles. The van der Waals surface area contributed by atoms with E-state index >= 15 is 0 Å². The molecule has 0 unspecified atom stereocenters. The number of fused-ring (bicyclic) bond motifs is 2. The Labute approximate surface area is 190 Å². The van der Waals surface area contributed by atoms with Crippen LogP contribution < -0.4 is 14.8 Å². The average Bonchev–Trinajstić information content (AvgIpc) is 3.26. The molecule has 5 heterocycles. The molecule has 0 radical (unpaired) electrons. The minimum Gasteiger partial charge on any atom is -0.486 e. The van der Waals surface area contributed by atoms with E-state index in [0.29, 0.717) is 31.6 Å². The van der Waals surface area contributed by atoms with Crippen molar-refractivity contribution in [2.75, 3.05) is 31.7 Å². The van der Waals surface area contributed by atoms with E-state index in [1.54, 1.807) is 6.20 Å². The lowest BCUT2D eigenvalue weighted by atomic mass is 10.1. The first kappa shape index (κ1) is 19.9. The minimum atomic E-state index is 0.344. The van der Waals surface area contributed by atoms with E-state index < -0.39 is 0 Å². The van der Waals surface area contributed by atoms with Crippen molar-refractivity contribution in [3.8, 4) is 22.8 Å². The summed E-state index contributed by atoms with van der Waals surface area (Å²) in [6.45, 7) is 2.70. The van der Waals surface area contributed by atoms with E-state index in [-0.39, 0.29) is 0 Å². The van der Waals surface area contributed by atoms with Gasteiger partial charge in [-0.05, 0) is 48.7 Å². The Morgan fingerprint density at radius 3 is 2.73 bits per heavy atom. The van der Waals surface area contributed by atoms with Crippen LogP contribution in [0, 0.1) is 0 Å². The van der Waals surface area contributed by atoms with Crippen LogP contribution in [0.15, 0.2) is 48.8 Å². The molecule has 0 amide bonds. The Balaban J connectivity index is 1.22. The van der Waals surface area contributed by atoms with Crippen molar-refractivity contribution >= 4 is 11.6 Å². The number of ether oxygens (including phenoxy) is 3. The van der Waals surface area contributed by atoms with Gasteiger partial charge in [-0.1, -0.05) is 6.07 Å². The fourth-order valence-corrected chi connectivity index (χ4v) is 4.21. The van der Waals surface area contributed by atoms with Gasteiger partial charge in [0.15, 0.2) is 17.1 Å². The van der Waals surface area contributed by atoms with Crippen LogP contribution in [0.5, 0.6) is 11.5 Å². The predicted octanol–water partition coefficient (Wildman–Crippen LogP) is 3.14. The van der Waals surface area contributed by atoms with Gasteiger partial charge in [0.2, 0.25) is 5.95 Å². The van der Waals surface area contributed by atoms with Gasteiger partial charge < -0.3 is 19.5 Å². The molecule has 168 valence electrons. The number of hydrogen-bond donors (Lipinski definition) is 1. The zero-order chi connectivity index (χ0) is 22.0. The van der Waals surface area contributed by atoms with Crippen LogP contribution >= 0.6 is 0 Å². The van der Waals surface area contributed by atoms with Gasteiger partial charge in [0.1, 0.15) is 19.0 Å². The summed E-state index contributed by atoms with van der Waals surface area (Å²) in [5, 5.41) is 12.2. The highest BCUT2D eigenvalue weighted by Gasteiger charge is 2.16. The SMILES string of the molecule is c1cc(-c2ccn3c(Cc4ccc5c(c4)OCCO5)nnc3c2)nc(NC2CCOCC2)n1. The van der Waals surface area contributed by atoms with Crippen molar-refractivity contribution in [1.82, 2.24) is 24.6 Å². The molecular formula is C24H24N6O3. The largest absolute Gasteiger partial charge is 0.486 e. The van der Waals surface area contributed by atoms with Gasteiger partial charge in [-0.3, -0.25) is 4.40 Å². The molecule has 1 saturated heterocycles. The van der Waals surface area contributed by atoms with Crippen LogP contribution in [0.4, 0.5) is 5.95 Å². The van der Waals surface area contributed by atoms with Gasteiger partial charge >= 0.3 is 0 Å². The second kappa shape index (κ2) is 8.67. The smallest absolute Gasteiger partial charge is 0.223 e. The van der Waals surface area contributed by atoms with Crippen LogP contribution in [0.3, 0.4) is 0 Å². The molecule has 9 nitrogen and oxygen atoms in total. The number of rotatable bonds is 5. The normalized spacial score (nSPS) is 16.1. The first-order chi connectivity index (χ1) is 16.3. The molecule has 1 N–H and O–H groups in total. The molecule has 33 heavy (non-hydrogen) atoms. The maximum Gasteiger partial charge on any atom is 0.223 e. The second-order valence-corrected chi connectivity index (χ2v) is 8.21. The van der Waals surface area contributed by atoms with Crippen LogP contribution in [-0.2, 0) is 11.2 Å². The molecule has 3 aromatic heterocycles. The summed E-state index contributed by atoms with van der Waals surface area (Å²) in [7, 11) is 0. The second-order valence-electron chi connectivity index (χ2n) is 8.21. The quantitative estimate of drug-likeness (QED) is 0.502. The van der Waals surface area contributed by atoms with Crippen LogP contribution in [0.1, 0.15) is 24.2 Å². The van der Waals surface area contributed by atoms with E-state index in [1.165, 1.54) is 0 Å². The summed E-state index contributed by atoms with van der Waals surface area (Å²) in [6.07, 6.45) is 6.34. The van der Waals surface area contributed by atoms with Crippen molar-refractivity contribution < 1.29 is 14.2 Å². The zero-order valence-electron chi connectivity index (χ0n) is 18.1. The van der Waals surface area contributed by atoms with Crippen molar-refractivity contribution in [2.24, 2.45) is 0 Å². The van der Waals surface area contributed by atoms with Gasteiger partial charge in [-0.15, -0.1) is 10.2 Å². The zero-order valence-corrected chi connectivity index (χ0v) is 18.1. The molecule has 0 aliphatic carbocycles. The molecule has 2 aliphatic rings. The van der Waals surface area contributed by atoms with E-state index in [4.69, 9.17) is 19.2 Å². The third-order valence-corrected chi connectivity index (χ3v) is 5.96. The number of nitrogens with one attached hydrogen (secondary N) is 1.